The van der Waals surface area contributed by atoms with E-state index in [0.29, 0.717) is 13.2 Å². The molecule has 0 heterocycles. The summed E-state index contributed by atoms with van der Waals surface area (Å²) in [6, 6.07) is 11.3. The van der Waals surface area contributed by atoms with Crippen LogP contribution in [0, 0.1) is 0 Å². The van der Waals surface area contributed by atoms with Crippen molar-refractivity contribution >= 4 is 27.5 Å². The number of sulfonamides is 1. The topological polar surface area (TPSA) is 75.7 Å². The molecule has 1 N–H and O–H groups in total. The van der Waals surface area contributed by atoms with Gasteiger partial charge in [-0.3, -0.25) is 4.79 Å². The third-order valence-electron chi connectivity index (χ3n) is 3.87. The average molecular weight is 425 g/mol. The molecule has 8 heteroatoms. The highest BCUT2D eigenvalue weighted by Gasteiger charge is 2.21. The summed E-state index contributed by atoms with van der Waals surface area (Å²) in [6.07, 6.45) is 0. The molecule has 0 fully saturated rings. The normalized spacial score (nSPS) is 11.5. The van der Waals surface area contributed by atoms with Crippen LogP contribution in [0.4, 0.5) is 0 Å². The molecule has 0 aliphatic rings. The van der Waals surface area contributed by atoms with Crippen molar-refractivity contribution in [3.05, 3.63) is 58.6 Å². The van der Waals surface area contributed by atoms with Crippen molar-refractivity contribution in [3.8, 4) is 5.75 Å². The molecule has 2 rings (SSSR count). The highest BCUT2D eigenvalue weighted by atomic mass is 35.5. The summed E-state index contributed by atoms with van der Waals surface area (Å²) in [5.74, 6) is 0.402. The minimum absolute atomic E-state index is 0.00316. The molecule has 28 heavy (non-hydrogen) atoms. The number of benzene rings is 2. The number of halogens is 1. The fraction of sp³-hybridized carbons (Fsp3) is 0.350. The number of hydrogen-bond acceptors (Lipinski definition) is 4. The zero-order valence-corrected chi connectivity index (χ0v) is 18.0. The SMILES string of the molecule is CCOc1ccc(CN(C)C(=O)c2cc(S(=O)(=O)NC(C)C)ccc2Cl)cc1. The van der Waals surface area contributed by atoms with Gasteiger partial charge >= 0.3 is 0 Å². The van der Waals surface area contributed by atoms with Gasteiger partial charge < -0.3 is 9.64 Å². The van der Waals surface area contributed by atoms with E-state index in [1.807, 2.05) is 31.2 Å². The van der Waals surface area contributed by atoms with Gasteiger partial charge in [-0.25, -0.2) is 13.1 Å². The standard InChI is InChI=1S/C20H25ClN2O4S/c1-5-27-16-8-6-15(7-9-16)13-23(4)20(24)18-12-17(10-11-19(18)21)28(25,26)22-14(2)3/h6-12,14,22H,5,13H2,1-4H3. The van der Waals surface area contributed by atoms with E-state index in [9.17, 15) is 13.2 Å². The predicted molar refractivity (Wildman–Crippen MR) is 110 cm³/mol. The minimum Gasteiger partial charge on any atom is -0.494 e. The Balaban J connectivity index is 2.21. The number of nitrogens with zero attached hydrogens (tertiary/aromatic N) is 1. The molecule has 0 radical (unpaired) electrons. The van der Waals surface area contributed by atoms with Gasteiger partial charge in [-0.2, -0.15) is 0 Å². The summed E-state index contributed by atoms with van der Waals surface area (Å²) in [5.41, 5.74) is 1.06. The second-order valence-electron chi connectivity index (χ2n) is 6.66. The molecule has 0 aliphatic carbocycles. The number of carbonyl (C=O) groups excluding carboxylic acids is 1. The van der Waals surface area contributed by atoms with Crippen LogP contribution in [0.3, 0.4) is 0 Å². The van der Waals surface area contributed by atoms with Gasteiger partial charge in [0.1, 0.15) is 5.75 Å². The van der Waals surface area contributed by atoms with E-state index in [0.717, 1.165) is 11.3 Å². The van der Waals surface area contributed by atoms with Crippen LogP contribution >= 0.6 is 11.6 Å². The average Bonchev–Trinajstić information content (AvgIpc) is 2.62. The number of rotatable bonds is 8. The van der Waals surface area contributed by atoms with Gasteiger partial charge in [0.25, 0.3) is 5.91 Å². The van der Waals surface area contributed by atoms with Crippen molar-refractivity contribution in [2.45, 2.75) is 38.3 Å². The van der Waals surface area contributed by atoms with Crippen molar-refractivity contribution in [1.82, 2.24) is 9.62 Å². The Kier molecular flexibility index (Phi) is 7.46. The minimum atomic E-state index is -3.72. The third-order valence-corrected chi connectivity index (χ3v) is 5.86. The largest absolute Gasteiger partial charge is 0.494 e. The Morgan fingerprint density at radius 1 is 1.18 bits per heavy atom. The van der Waals surface area contributed by atoms with Crippen molar-refractivity contribution in [2.24, 2.45) is 0 Å². The van der Waals surface area contributed by atoms with E-state index >= 15 is 0 Å². The summed E-state index contributed by atoms with van der Waals surface area (Å²) >= 11 is 6.17. The van der Waals surface area contributed by atoms with E-state index in [-0.39, 0.29) is 27.4 Å². The van der Waals surface area contributed by atoms with E-state index in [1.54, 1.807) is 20.9 Å². The fourth-order valence-corrected chi connectivity index (χ4v) is 4.10. The van der Waals surface area contributed by atoms with E-state index in [4.69, 9.17) is 16.3 Å². The van der Waals surface area contributed by atoms with Gasteiger partial charge in [0, 0.05) is 19.6 Å². The molecule has 2 aromatic rings. The van der Waals surface area contributed by atoms with Crippen molar-refractivity contribution in [1.29, 1.82) is 0 Å². The summed E-state index contributed by atoms with van der Waals surface area (Å²) in [5, 5.41) is 0.201. The third kappa shape index (κ3) is 5.70. The Morgan fingerprint density at radius 3 is 2.39 bits per heavy atom. The Bertz CT molecular complexity index is 928. The molecule has 0 saturated heterocycles. The van der Waals surface area contributed by atoms with Crippen LogP contribution in [0.15, 0.2) is 47.4 Å². The summed E-state index contributed by atoms with van der Waals surface area (Å²) in [6.45, 7) is 6.30. The lowest BCUT2D eigenvalue weighted by molar-refractivity contribution is 0.0785. The monoisotopic (exact) mass is 424 g/mol. The Hall–Kier alpha value is -2.09. The first-order valence-electron chi connectivity index (χ1n) is 8.93. The molecule has 0 atom stereocenters. The smallest absolute Gasteiger partial charge is 0.255 e. The van der Waals surface area contributed by atoms with Gasteiger partial charge in [-0.05, 0) is 56.7 Å². The van der Waals surface area contributed by atoms with E-state index in [1.165, 1.54) is 23.1 Å². The molecule has 1 amide bonds. The predicted octanol–water partition coefficient (Wildman–Crippen LogP) is 3.70. The van der Waals surface area contributed by atoms with Gasteiger partial charge in [0.2, 0.25) is 10.0 Å². The van der Waals surface area contributed by atoms with Gasteiger partial charge in [0.15, 0.2) is 0 Å². The lowest BCUT2D eigenvalue weighted by atomic mass is 10.1. The highest BCUT2D eigenvalue weighted by Crippen LogP contribution is 2.23. The maximum Gasteiger partial charge on any atom is 0.255 e. The lowest BCUT2D eigenvalue weighted by Gasteiger charge is -2.19. The highest BCUT2D eigenvalue weighted by molar-refractivity contribution is 7.89. The molecular formula is C20H25ClN2O4S. The van der Waals surface area contributed by atoms with Crippen molar-refractivity contribution < 1.29 is 17.9 Å². The second kappa shape index (κ2) is 9.41. The number of amides is 1. The number of ether oxygens (including phenoxy) is 1. The summed E-state index contributed by atoms with van der Waals surface area (Å²) < 4.78 is 32.7. The summed E-state index contributed by atoms with van der Waals surface area (Å²) in [7, 11) is -2.08. The van der Waals surface area contributed by atoms with Gasteiger partial charge in [-0.15, -0.1) is 0 Å². The molecule has 0 bridgehead atoms. The molecule has 0 spiro atoms. The number of carbonyl (C=O) groups is 1. The molecule has 0 saturated carbocycles. The quantitative estimate of drug-likeness (QED) is 0.701. The lowest BCUT2D eigenvalue weighted by Crippen LogP contribution is -2.31. The molecule has 0 aromatic heterocycles. The van der Waals surface area contributed by atoms with Crippen LogP contribution in [0.5, 0.6) is 5.75 Å². The first-order valence-corrected chi connectivity index (χ1v) is 10.8. The van der Waals surface area contributed by atoms with Crippen LogP contribution < -0.4 is 9.46 Å². The maximum atomic E-state index is 12.8. The van der Waals surface area contributed by atoms with Crippen LogP contribution in [-0.4, -0.2) is 38.9 Å². The molecule has 0 unspecified atom stereocenters. The second-order valence-corrected chi connectivity index (χ2v) is 8.78. The molecule has 0 aliphatic heterocycles. The molecule has 2 aromatic carbocycles. The van der Waals surface area contributed by atoms with Gasteiger partial charge in [0.05, 0.1) is 22.1 Å². The van der Waals surface area contributed by atoms with E-state index < -0.39 is 10.0 Å². The van der Waals surface area contributed by atoms with E-state index in [2.05, 4.69) is 4.72 Å². The van der Waals surface area contributed by atoms with Gasteiger partial charge in [-0.1, -0.05) is 23.7 Å². The maximum absolute atomic E-state index is 12.8. The zero-order valence-electron chi connectivity index (χ0n) is 16.4. The Labute approximate surface area is 171 Å². The van der Waals surface area contributed by atoms with Crippen molar-refractivity contribution in [2.75, 3.05) is 13.7 Å². The summed E-state index contributed by atoms with van der Waals surface area (Å²) in [4.78, 5) is 14.3. The van der Waals surface area contributed by atoms with Crippen LogP contribution in [0.2, 0.25) is 5.02 Å². The molecule has 6 nitrogen and oxygen atoms in total. The van der Waals surface area contributed by atoms with Crippen molar-refractivity contribution in [3.63, 3.8) is 0 Å². The van der Waals surface area contributed by atoms with Crippen LogP contribution in [0.1, 0.15) is 36.7 Å². The zero-order chi connectivity index (χ0) is 20.9. The Morgan fingerprint density at radius 2 is 1.82 bits per heavy atom. The first kappa shape index (κ1) is 22.2. The number of hydrogen-bond donors (Lipinski definition) is 1. The fourth-order valence-electron chi connectivity index (χ4n) is 2.62. The molecular weight excluding hydrogens is 400 g/mol. The molecule has 152 valence electrons. The first-order chi connectivity index (χ1) is 13.1. The van der Waals surface area contributed by atoms with Crippen LogP contribution in [-0.2, 0) is 16.6 Å². The van der Waals surface area contributed by atoms with Crippen LogP contribution in [0.25, 0.3) is 0 Å². The number of nitrogens with one attached hydrogen (secondary N) is 1.